The Hall–Kier alpha value is -2.90. The molecule has 7 nitrogen and oxygen atoms in total. The number of nitrogens with one attached hydrogen (secondary N) is 3. The summed E-state index contributed by atoms with van der Waals surface area (Å²) in [6.45, 7) is 1.93. The zero-order valence-corrected chi connectivity index (χ0v) is 21.8. The fraction of sp³-hybridized carbons (Fsp3) is 0.464. The minimum Gasteiger partial charge on any atom is -0.343 e. The fourth-order valence-corrected chi connectivity index (χ4v) is 5.43. The van der Waals surface area contributed by atoms with Gasteiger partial charge in [0.25, 0.3) is 0 Å². The Bertz CT molecular complexity index is 976. The first kappa shape index (κ1) is 27.7. The second-order valence-corrected chi connectivity index (χ2v) is 9.50. The van der Waals surface area contributed by atoms with E-state index in [9.17, 15) is 14.4 Å². The summed E-state index contributed by atoms with van der Waals surface area (Å²) in [5.74, 6) is -0.451. The molecule has 8 heteroatoms. The molecule has 2 aliphatic heterocycles. The van der Waals surface area contributed by atoms with Gasteiger partial charge in [0.15, 0.2) is 0 Å². The zero-order valence-electron chi connectivity index (χ0n) is 21.0. The van der Waals surface area contributed by atoms with Crippen molar-refractivity contribution in [1.82, 2.24) is 20.9 Å². The number of carbonyl (C=O) groups excluding carboxylic acids is 3. The van der Waals surface area contributed by atoms with Gasteiger partial charge < -0.3 is 20.9 Å². The van der Waals surface area contributed by atoms with E-state index in [1.807, 2.05) is 67.6 Å². The molecule has 3 amide bonds. The van der Waals surface area contributed by atoms with Gasteiger partial charge in [0.05, 0.1) is 12.1 Å². The van der Waals surface area contributed by atoms with E-state index in [4.69, 9.17) is 0 Å². The van der Waals surface area contributed by atoms with E-state index in [2.05, 4.69) is 16.0 Å². The van der Waals surface area contributed by atoms with Gasteiger partial charge in [0.1, 0.15) is 12.1 Å². The van der Waals surface area contributed by atoms with Crippen LogP contribution in [0.25, 0.3) is 0 Å². The van der Waals surface area contributed by atoms with Gasteiger partial charge >= 0.3 is 0 Å². The molecule has 0 aromatic heterocycles. The van der Waals surface area contributed by atoms with Crippen LogP contribution in [0.15, 0.2) is 60.7 Å². The molecule has 2 aliphatic rings. The molecule has 0 saturated carbocycles. The maximum absolute atomic E-state index is 13.6. The smallest absolute Gasteiger partial charge is 0.246 e. The molecule has 2 aromatic carbocycles. The zero-order chi connectivity index (χ0) is 24.8. The number of nitrogens with zero attached hydrogens (tertiary/aromatic N) is 1. The van der Waals surface area contributed by atoms with Gasteiger partial charge in [0.2, 0.25) is 17.7 Å². The minimum atomic E-state index is -0.595. The summed E-state index contributed by atoms with van der Waals surface area (Å²) >= 11 is 0. The van der Waals surface area contributed by atoms with Gasteiger partial charge in [-0.25, -0.2) is 0 Å². The second kappa shape index (κ2) is 12.9. The number of hydrogen-bond donors (Lipinski definition) is 3. The summed E-state index contributed by atoms with van der Waals surface area (Å²) in [7, 11) is 1.75. The van der Waals surface area contributed by atoms with Crippen LogP contribution in [0.3, 0.4) is 0 Å². The van der Waals surface area contributed by atoms with Crippen LogP contribution >= 0.6 is 12.4 Å². The number of amides is 3. The van der Waals surface area contributed by atoms with Gasteiger partial charge in [-0.15, -0.1) is 12.4 Å². The lowest BCUT2D eigenvalue weighted by Crippen LogP contribution is -2.56. The third kappa shape index (κ3) is 6.08. The molecule has 0 aliphatic carbocycles. The minimum absolute atomic E-state index is 0. The van der Waals surface area contributed by atoms with Crippen molar-refractivity contribution in [2.75, 3.05) is 7.05 Å². The average Bonchev–Trinajstić information content (AvgIpc) is 3.25. The monoisotopic (exact) mass is 512 g/mol. The summed E-state index contributed by atoms with van der Waals surface area (Å²) in [6, 6.07) is 18.0. The van der Waals surface area contributed by atoms with E-state index >= 15 is 0 Å². The van der Waals surface area contributed by atoms with Gasteiger partial charge in [0, 0.05) is 6.04 Å². The van der Waals surface area contributed by atoms with E-state index in [1.54, 1.807) is 11.9 Å². The summed E-state index contributed by atoms with van der Waals surface area (Å²) in [5, 5.41) is 9.17. The largest absolute Gasteiger partial charge is 0.343 e. The van der Waals surface area contributed by atoms with Crippen LogP contribution in [0.1, 0.15) is 62.6 Å². The maximum atomic E-state index is 13.6. The predicted octanol–water partition coefficient (Wildman–Crippen LogP) is 3.34. The molecule has 36 heavy (non-hydrogen) atoms. The fourth-order valence-electron chi connectivity index (χ4n) is 5.43. The molecule has 0 unspecified atom stereocenters. The summed E-state index contributed by atoms with van der Waals surface area (Å²) in [4.78, 5) is 41.7. The van der Waals surface area contributed by atoms with Crippen LogP contribution in [0, 0.1) is 0 Å². The number of rotatable bonds is 8. The highest BCUT2D eigenvalue weighted by molar-refractivity contribution is 5.94. The van der Waals surface area contributed by atoms with E-state index in [0.29, 0.717) is 19.3 Å². The van der Waals surface area contributed by atoms with Crippen molar-refractivity contribution in [3.05, 3.63) is 71.8 Å². The van der Waals surface area contributed by atoms with Gasteiger partial charge in [-0.05, 0) is 56.7 Å². The van der Waals surface area contributed by atoms with Crippen LogP contribution in [-0.2, 0) is 14.4 Å². The normalized spacial score (nSPS) is 22.2. The van der Waals surface area contributed by atoms with Crippen molar-refractivity contribution in [1.29, 1.82) is 0 Å². The van der Waals surface area contributed by atoms with Crippen LogP contribution in [0.4, 0.5) is 0 Å². The maximum Gasteiger partial charge on any atom is 0.246 e. The Balaban J connectivity index is 0.00000361. The molecule has 0 spiro atoms. The molecule has 194 valence electrons. The first-order chi connectivity index (χ1) is 17.0. The molecule has 4 atom stereocenters. The summed E-state index contributed by atoms with van der Waals surface area (Å²) in [6.07, 6.45) is 4.38. The summed E-state index contributed by atoms with van der Waals surface area (Å²) in [5.41, 5.74) is 1.98. The van der Waals surface area contributed by atoms with Gasteiger partial charge in [-0.1, -0.05) is 67.6 Å². The summed E-state index contributed by atoms with van der Waals surface area (Å²) < 4.78 is 0. The molecule has 2 heterocycles. The molecule has 2 saturated heterocycles. The van der Waals surface area contributed by atoms with Gasteiger partial charge in [-0.2, -0.15) is 0 Å². The van der Waals surface area contributed by atoms with Crippen LogP contribution in [0.5, 0.6) is 0 Å². The Morgan fingerprint density at radius 2 is 1.56 bits per heavy atom. The van der Waals surface area contributed by atoms with E-state index < -0.39 is 12.1 Å². The number of carbonyl (C=O) groups is 3. The predicted molar refractivity (Wildman–Crippen MR) is 143 cm³/mol. The number of fused-ring (bicyclic) bond motifs is 1. The Kier molecular flexibility index (Phi) is 9.90. The topological polar surface area (TPSA) is 90.5 Å². The lowest BCUT2D eigenvalue weighted by Gasteiger charge is -2.32. The number of halogens is 1. The van der Waals surface area contributed by atoms with Crippen LogP contribution in [0.2, 0.25) is 0 Å². The van der Waals surface area contributed by atoms with Crippen molar-refractivity contribution in [2.24, 2.45) is 0 Å². The van der Waals surface area contributed by atoms with Crippen LogP contribution < -0.4 is 16.0 Å². The molecule has 3 N–H and O–H groups in total. The third-order valence-electron chi connectivity index (χ3n) is 7.33. The Morgan fingerprint density at radius 1 is 0.944 bits per heavy atom. The molecular weight excluding hydrogens is 476 g/mol. The average molecular weight is 513 g/mol. The molecule has 4 rings (SSSR count). The second-order valence-electron chi connectivity index (χ2n) is 9.50. The standard InChI is InChI=1S/C28H36N4O3.ClH/c1-3-22(29-2)26(33)30-23-16-10-15-21-17-18-24(32(21)28(23)35)27(34)31-25(19-11-6-4-7-12-19)20-13-8-5-9-14-20;/h4-9,11-14,21-25,29H,3,10,15-18H2,1-2H3,(H,30,33)(H,31,34);1H/t21-,22-,23-,24-;/m0./s1. The molecule has 0 bridgehead atoms. The molecular formula is C28H37ClN4O3. The van der Waals surface area contributed by atoms with E-state index in [0.717, 1.165) is 30.4 Å². The van der Waals surface area contributed by atoms with Crippen molar-refractivity contribution < 1.29 is 14.4 Å². The van der Waals surface area contributed by atoms with Crippen LogP contribution in [-0.4, -0.2) is 53.8 Å². The highest BCUT2D eigenvalue weighted by atomic mass is 35.5. The number of hydrogen-bond acceptors (Lipinski definition) is 4. The molecule has 2 aromatic rings. The van der Waals surface area contributed by atoms with Gasteiger partial charge in [-0.3, -0.25) is 14.4 Å². The highest BCUT2D eigenvalue weighted by Gasteiger charge is 2.45. The first-order valence-electron chi connectivity index (χ1n) is 12.7. The first-order valence-corrected chi connectivity index (χ1v) is 12.7. The number of benzene rings is 2. The van der Waals surface area contributed by atoms with Crippen molar-refractivity contribution in [3.63, 3.8) is 0 Å². The Labute approximate surface area is 219 Å². The lowest BCUT2D eigenvalue weighted by atomic mass is 9.98. The van der Waals surface area contributed by atoms with E-state index in [-0.39, 0.29) is 48.3 Å². The highest BCUT2D eigenvalue weighted by Crippen LogP contribution is 2.33. The number of likely N-dealkylation sites (N-methyl/N-ethyl adjacent to an activating group) is 1. The molecule has 0 radical (unpaired) electrons. The third-order valence-corrected chi connectivity index (χ3v) is 7.33. The quantitative estimate of drug-likeness (QED) is 0.506. The van der Waals surface area contributed by atoms with Crippen molar-refractivity contribution in [3.8, 4) is 0 Å². The SMILES string of the molecule is CC[C@H](NC)C(=O)N[C@H]1CCC[C@H]2CC[C@@H](C(=O)NC(c3ccccc3)c3ccccc3)N2C1=O.Cl. The van der Waals surface area contributed by atoms with Crippen molar-refractivity contribution >= 4 is 30.1 Å². The van der Waals surface area contributed by atoms with E-state index in [1.165, 1.54) is 0 Å². The molecule has 2 fully saturated rings. The lowest BCUT2D eigenvalue weighted by molar-refractivity contribution is -0.143. The van der Waals surface area contributed by atoms with Crippen molar-refractivity contribution in [2.45, 2.75) is 75.7 Å². The Morgan fingerprint density at radius 3 is 2.11 bits per heavy atom.